The Morgan fingerprint density at radius 1 is 1.42 bits per heavy atom. The molecule has 0 aromatic carbocycles. The van der Waals surface area contributed by atoms with E-state index in [0.29, 0.717) is 17.8 Å². The van der Waals surface area contributed by atoms with Crippen molar-refractivity contribution in [2.45, 2.75) is 33.6 Å². The number of hydrogen-bond donors (Lipinski definition) is 1. The maximum Gasteiger partial charge on any atom is 0.0971 e. The summed E-state index contributed by atoms with van der Waals surface area (Å²) in [5.74, 6) is 2.76. The standard InChI is InChI=1S/C10H20N2/c1-7(2)9-5-4-8(3)6-12-10(9)11/h7-9H,4-6H2,1-3H3,(H2,11,12). The minimum Gasteiger partial charge on any atom is -0.387 e. The molecule has 0 amide bonds. The molecule has 0 aromatic rings. The molecule has 0 bridgehead atoms. The van der Waals surface area contributed by atoms with Gasteiger partial charge in [0.05, 0.1) is 5.84 Å². The molecule has 1 aliphatic heterocycles. The minimum absolute atomic E-state index is 0.523. The second-order valence-corrected chi connectivity index (χ2v) is 4.30. The molecule has 12 heavy (non-hydrogen) atoms. The highest BCUT2D eigenvalue weighted by molar-refractivity contribution is 5.83. The van der Waals surface area contributed by atoms with Crippen LogP contribution in [-0.4, -0.2) is 12.4 Å². The Morgan fingerprint density at radius 3 is 2.67 bits per heavy atom. The Labute approximate surface area is 75.3 Å². The van der Waals surface area contributed by atoms with Crippen LogP contribution >= 0.6 is 0 Å². The predicted octanol–water partition coefficient (Wildman–Crippen LogP) is 2.05. The van der Waals surface area contributed by atoms with E-state index < -0.39 is 0 Å². The summed E-state index contributed by atoms with van der Waals surface area (Å²) < 4.78 is 0. The minimum atomic E-state index is 0.523. The lowest BCUT2D eigenvalue weighted by molar-refractivity contribution is 0.421. The van der Waals surface area contributed by atoms with Gasteiger partial charge < -0.3 is 5.73 Å². The fraction of sp³-hybridized carbons (Fsp3) is 0.900. The van der Waals surface area contributed by atoms with E-state index in [9.17, 15) is 0 Å². The van der Waals surface area contributed by atoms with E-state index in [1.54, 1.807) is 0 Å². The van der Waals surface area contributed by atoms with Gasteiger partial charge in [-0.2, -0.15) is 0 Å². The van der Waals surface area contributed by atoms with E-state index in [4.69, 9.17) is 5.73 Å². The number of hydrogen-bond acceptors (Lipinski definition) is 2. The maximum atomic E-state index is 5.89. The molecule has 0 aliphatic carbocycles. The first kappa shape index (κ1) is 9.56. The van der Waals surface area contributed by atoms with Gasteiger partial charge in [0.25, 0.3) is 0 Å². The van der Waals surface area contributed by atoms with Gasteiger partial charge in [-0.3, -0.25) is 4.99 Å². The van der Waals surface area contributed by atoms with Crippen molar-refractivity contribution >= 4 is 5.84 Å². The monoisotopic (exact) mass is 168 g/mol. The highest BCUT2D eigenvalue weighted by Crippen LogP contribution is 2.23. The van der Waals surface area contributed by atoms with Crippen molar-refractivity contribution in [3.05, 3.63) is 0 Å². The number of amidine groups is 1. The predicted molar refractivity (Wildman–Crippen MR) is 53.2 cm³/mol. The van der Waals surface area contributed by atoms with Crippen molar-refractivity contribution in [1.29, 1.82) is 0 Å². The van der Waals surface area contributed by atoms with E-state index in [1.807, 2.05) is 0 Å². The summed E-state index contributed by atoms with van der Waals surface area (Å²) in [4.78, 5) is 4.40. The molecule has 0 aromatic heterocycles. The summed E-state index contributed by atoms with van der Waals surface area (Å²) in [7, 11) is 0. The molecule has 1 heterocycles. The van der Waals surface area contributed by atoms with Crippen molar-refractivity contribution in [1.82, 2.24) is 0 Å². The lowest BCUT2D eigenvalue weighted by Gasteiger charge is -2.18. The molecule has 1 rings (SSSR count). The third kappa shape index (κ3) is 2.23. The van der Waals surface area contributed by atoms with Crippen LogP contribution in [0.4, 0.5) is 0 Å². The van der Waals surface area contributed by atoms with Gasteiger partial charge >= 0.3 is 0 Å². The Hall–Kier alpha value is -0.530. The SMILES string of the molecule is CC1CCC(C(C)C)C(N)=NC1. The zero-order valence-corrected chi connectivity index (χ0v) is 8.38. The number of nitrogens with two attached hydrogens (primary N) is 1. The zero-order chi connectivity index (χ0) is 9.14. The van der Waals surface area contributed by atoms with Crippen LogP contribution in [0.1, 0.15) is 33.6 Å². The average Bonchev–Trinajstić information content (AvgIpc) is 2.14. The molecule has 0 saturated carbocycles. The molecule has 0 fully saturated rings. The van der Waals surface area contributed by atoms with Gasteiger partial charge in [0.1, 0.15) is 0 Å². The molecule has 2 heteroatoms. The first-order valence-electron chi connectivity index (χ1n) is 4.91. The van der Waals surface area contributed by atoms with Gasteiger partial charge in [-0.15, -0.1) is 0 Å². The Bertz CT molecular complexity index is 173. The summed E-state index contributed by atoms with van der Waals surface area (Å²) in [6.07, 6.45) is 2.49. The van der Waals surface area contributed by atoms with Gasteiger partial charge in [0.2, 0.25) is 0 Å². The van der Waals surface area contributed by atoms with E-state index in [1.165, 1.54) is 12.8 Å². The van der Waals surface area contributed by atoms with Crippen LogP contribution in [0, 0.1) is 17.8 Å². The molecule has 2 unspecified atom stereocenters. The van der Waals surface area contributed by atoms with E-state index in [0.717, 1.165) is 12.4 Å². The van der Waals surface area contributed by atoms with Crippen LogP contribution < -0.4 is 5.73 Å². The second-order valence-electron chi connectivity index (χ2n) is 4.30. The van der Waals surface area contributed by atoms with E-state index in [2.05, 4.69) is 25.8 Å². The van der Waals surface area contributed by atoms with Crippen molar-refractivity contribution < 1.29 is 0 Å². The molecular formula is C10H20N2. The fourth-order valence-electron chi connectivity index (χ4n) is 1.76. The molecule has 2 atom stereocenters. The van der Waals surface area contributed by atoms with Gasteiger partial charge in [-0.25, -0.2) is 0 Å². The third-order valence-corrected chi connectivity index (χ3v) is 2.74. The number of aliphatic imine (C=N–C) groups is 1. The van der Waals surface area contributed by atoms with Gasteiger partial charge in [0.15, 0.2) is 0 Å². The van der Waals surface area contributed by atoms with Gasteiger partial charge in [-0.1, -0.05) is 20.8 Å². The number of rotatable bonds is 1. The van der Waals surface area contributed by atoms with Crippen LogP contribution in [0.2, 0.25) is 0 Å². The third-order valence-electron chi connectivity index (χ3n) is 2.74. The van der Waals surface area contributed by atoms with Gasteiger partial charge in [-0.05, 0) is 24.7 Å². The zero-order valence-electron chi connectivity index (χ0n) is 8.38. The molecular weight excluding hydrogens is 148 g/mol. The largest absolute Gasteiger partial charge is 0.387 e. The first-order chi connectivity index (χ1) is 5.61. The van der Waals surface area contributed by atoms with Crippen molar-refractivity contribution in [3.8, 4) is 0 Å². The fourth-order valence-corrected chi connectivity index (χ4v) is 1.76. The van der Waals surface area contributed by atoms with Crippen molar-refractivity contribution in [2.24, 2.45) is 28.5 Å². The molecule has 2 nitrogen and oxygen atoms in total. The van der Waals surface area contributed by atoms with Crippen LogP contribution in [-0.2, 0) is 0 Å². The smallest absolute Gasteiger partial charge is 0.0971 e. The lowest BCUT2D eigenvalue weighted by atomic mass is 9.89. The quantitative estimate of drug-likeness (QED) is 0.639. The van der Waals surface area contributed by atoms with Crippen LogP contribution in [0.5, 0.6) is 0 Å². The first-order valence-corrected chi connectivity index (χ1v) is 4.91. The van der Waals surface area contributed by atoms with E-state index >= 15 is 0 Å². The Morgan fingerprint density at radius 2 is 2.08 bits per heavy atom. The Balaban J connectivity index is 2.63. The second kappa shape index (κ2) is 3.92. The summed E-state index contributed by atoms with van der Waals surface area (Å²) in [5, 5.41) is 0. The molecule has 1 aliphatic rings. The highest BCUT2D eigenvalue weighted by Gasteiger charge is 2.21. The Kier molecular flexibility index (Phi) is 3.12. The van der Waals surface area contributed by atoms with Crippen molar-refractivity contribution in [3.63, 3.8) is 0 Å². The molecule has 70 valence electrons. The summed E-state index contributed by atoms with van der Waals surface area (Å²) in [6, 6.07) is 0. The topological polar surface area (TPSA) is 38.4 Å². The summed E-state index contributed by atoms with van der Waals surface area (Å²) in [6.45, 7) is 7.63. The van der Waals surface area contributed by atoms with Crippen LogP contribution in [0.25, 0.3) is 0 Å². The molecule has 0 saturated heterocycles. The van der Waals surface area contributed by atoms with Gasteiger partial charge in [0, 0.05) is 12.5 Å². The lowest BCUT2D eigenvalue weighted by Crippen LogP contribution is -2.27. The van der Waals surface area contributed by atoms with Crippen LogP contribution in [0.3, 0.4) is 0 Å². The normalized spacial score (nSPS) is 31.5. The molecule has 2 N–H and O–H groups in total. The van der Waals surface area contributed by atoms with Crippen molar-refractivity contribution in [2.75, 3.05) is 6.54 Å². The number of nitrogens with zero attached hydrogens (tertiary/aromatic N) is 1. The van der Waals surface area contributed by atoms with Crippen LogP contribution in [0.15, 0.2) is 4.99 Å². The maximum absolute atomic E-state index is 5.89. The average molecular weight is 168 g/mol. The highest BCUT2D eigenvalue weighted by atomic mass is 14.9. The summed E-state index contributed by atoms with van der Waals surface area (Å²) >= 11 is 0. The van der Waals surface area contributed by atoms with E-state index in [-0.39, 0.29) is 0 Å². The molecule has 0 spiro atoms. The molecule has 0 radical (unpaired) electrons. The summed E-state index contributed by atoms with van der Waals surface area (Å²) in [5.41, 5.74) is 5.89.